The Balaban J connectivity index is 1.12. The molecule has 4 aliphatic heterocycles. The summed E-state index contributed by atoms with van der Waals surface area (Å²) in [7, 11) is 3.05. The molecule has 2 amide bonds. The van der Waals surface area contributed by atoms with Crippen molar-refractivity contribution in [1.29, 1.82) is 0 Å². The highest BCUT2D eigenvalue weighted by atomic mass is 35.5. The fourth-order valence-electron chi connectivity index (χ4n) is 8.08. The van der Waals surface area contributed by atoms with Crippen molar-refractivity contribution in [3.63, 3.8) is 0 Å². The van der Waals surface area contributed by atoms with Gasteiger partial charge in [-0.05, 0) is 98.6 Å². The second-order valence-corrected chi connectivity index (χ2v) is 15.5. The first kappa shape index (κ1) is 40.3. The van der Waals surface area contributed by atoms with Gasteiger partial charge in [0, 0.05) is 30.6 Å². The molecule has 8 rings (SSSR count). The summed E-state index contributed by atoms with van der Waals surface area (Å²) in [5.74, 6) is -0.274. The number of nitrogens with one attached hydrogen (secondary N) is 1. The zero-order valence-corrected chi connectivity index (χ0v) is 33.4. The normalized spacial score (nSPS) is 20.7. The first-order valence-electron chi connectivity index (χ1n) is 19.2. The van der Waals surface area contributed by atoms with Crippen molar-refractivity contribution in [1.82, 2.24) is 9.80 Å². The Morgan fingerprint density at radius 1 is 0.895 bits per heavy atom. The number of esters is 1. The van der Waals surface area contributed by atoms with Gasteiger partial charge in [0.15, 0.2) is 23.9 Å². The monoisotopic (exact) mass is 819 g/mol. The minimum absolute atomic E-state index is 0.0389. The fraction of sp³-hybridized carbons (Fsp3) is 0.395. The third kappa shape index (κ3) is 9.14. The summed E-state index contributed by atoms with van der Waals surface area (Å²) in [6, 6.07) is 17.3. The Morgan fingerprint density at radius 3 is 2.35 bits per heavy atom. The number of anilines is 1. The lowest BCUT2D eigenvalue weighted by Crippen LogP contribution is -2.53. The van der Waals surface area contributed by atoms with Crippen molar-refractivity contribution >= 4 is 46.9 Å². The lowest BCUT2D eigenvalue weighted by Gasteiger charge is -2.44. The Bertz CT molecular complexity index is 2080. The van der Waals surface area contributed by atoms with Crippen LogP contribution in [0.4, 0.5) is 14.9 Å². The van der Waals surface area contributed by atoms with Gasteiger partial charge < -0.3 is 23.8 Å². The van der Waals surface area contributed by atoms with E-state index in [1.165, 1.54) is 25.2 Å². The van der Waals surface area contributed by atoms with Crippen LogP contribution >= 0.6 is 23.2 Å². The number of carbonyl (C=O) groups excluding carboxylic acids is 3. The molecule has 0 aliphatic carbocycles. The number of fused-ring (bicyclic) bond motifs is 3. The van der Waals surface area contributed by atoms with Gasteiger partial charge in [0.05, 0.1) is 26.5 Å². The largest absolute Gasteiger partial charge is 0.493 e. The zero-order chi connectivity index (χ0) is 40.1. The zero-order valence-electron chi connectivity index (χ0n) is 31.9. The molecule has 4 saturated heterocycles. The van der Waals surface area contributed by atoms with E-state index in [0.717, 1.165) is 32.4 Å². The standard InChI is InChI=1S/C43H45Cl2FN4O7/c1-54-37-14-13-29(21-39(37)55-2)38(22-31-32(44)23-47-24-33(31)45)56-42(52)36-12-5-6-17-49(36)41(51)30-9-7-8-27(20-30)25-50(35-11-4-3-10-34(35)46)43(53)57-40-26-48-18-15-28(40)16-19-48/h3-4,7-11,13-14,20-21,23-24,28,36,38,40H,5-6,12,15-19,22,25-26H2,1-2H3/p+1/t36-,38-,40-/m0/s1. The number of piperidine rings is 4. The Morgan fingerprint density at radius 2 is 1.65 bits per heavy atom. The van der Waals surface area contributed by atoms with Crippen molar-refractivity contribution in [2.75, 3.05) is 45.3 Å². The van der Waals surface area contributed by atoms with Crippen LogP contribution in [0.15, 0.2) is 79.1 Å². The number of ether oxygens (including phenoxy) is 4. The van der Waals surface area contributed by atoms with Crippen molar-refractivity contribution in [3.05, 3.63) is 117 Å². The second kappa shape index (κ2) is 18.1. The maximum absolute atomic E-state index is 15.2. The van der Waals surface area contributed by atoms with Crippen molar-refractivity contribution in [2.24, 2.45) is 5.92 Å². The number of carbonyl (C=O) groups is 3. The molecule has 0 spiro atoms. The van der Waals surface area contributed by atoms with E-state index in [1.54, 1.807) is 78.0 Å². The number of aromatic nitrogens is 1. The van der Waals surface area contributed by atoms with Crippen LogP contribution in [0, 0.1) is 11.7 Å². The summed E-state index contributed by atoms with van der Waals surface area (Å²) in [5.41, 5.74) is 2.19. The number of rotatable bonds is 12. The van der Waals surface area contributed by atoms with E-state index >= 15 is 4.39 Å². The summed E-state index contributed by atoms with van der Waals surface area (Å²) in [6.45, 7) is 2.93. The molecule has 11 nitrogen and oxygen atoms in total. The maximum Gasteiger partial charge on any atom is 0.415 e. The van der Waals surface area contributed by atoms with Gasteiger partial charge in [-0.2, -0.15) is 0 Å². The summed E-state index contributed by atoms with van der Waals surface area (Å²) in [5, 5.41) is 0.749. The minimum atomic E-state index is -0.876. The maximum atomic E-state index is 15.2. The highest BCUT2D eigenvalue weighted by molar-refractivity contribution is 6.35. The molecule has 0 saturated carbocycles. The van der Waals surface area contributed by atoms with Gasteiger partial charge in [-0.3, -0.25) is 14.6 Å². The summed E-state index contributed by atoms with van der Waals surface area (Å²) < 4.78 is 38.5. The molecule has 57 heavy (non-hydrogen) atoms. The number of likely N-dealkylation sites (tertiary alicyclic amines) is 1. The van der Waals surface area contributed by atoms with Crippen molar-refractivity contribution < 1.29 is 42.7 Å². The molecule has 2 bridgehead atoms. The predicted octanol–water partition coefficient (Wildman–Crippen LogP) is 7.72. The van der Waals surface area contributed by atoms with Crippen LogP contribution < -0.4 is 19.4 Å². The number of hydrogen-bond donors (Lipinski definition) is 0. The quantitative estimate of drug-likeness (QED) is 0.134. The highest BCUT2D eigenvalue weighted by Crippen LogP contribution is 2.36. The number of amides is 2. The highest BCUT2D eigenvalue weighted by Gasteiger charge is 2.39. The average molecular weight is 821 g/mol. The van der Waals surface area contributed by atoms with Crippen LogP contribution in [-0.4, -0.2) is 80.3 Å². The SMILES string of the molecule is COc1ccc([C@H](Cc2c(Cl)c[nH+]cc2Cl)OC(=O)[C@@H]2CCCCN2C(=O)c2cccc(CN(C(=O)O[C@H]3CN4CCC3CC4)c3ccccc3F)c2)cc1OC. The van der Waals surface area contributed by atoms with Gasteiger partial charge >= 0.3 is 12.1 Å². The van der Waals surface area contributed by atoms with E-state index in [9.17, 15) is 14.4 Å². The number of pyridine rings is 1. The van der Waals surface area contributed by atoms with Gasteiger partial charge in [0.1, 0.15) is 34.1 Å². The third-order valence-electron chi connectivity index (χ3n) is 11.2. The number of hydrogen-bond acceptors (Lipinski definition) is 8. The van der Waals surface area contributed by atoms with E-state index in [4.69, 9.17) is 42.1 Å². The molecule has 5 heterocycles. The van der Waals surface area contributed by atoms with Gasteiger partial charge in [-0.15, -0.1) is 0 Å². The van der Waals surface area contributed by atoms with Crippen molar-refractivity contribution in [3.8, 4) is 11.5 Å². The number of aromatic amines is 1. The smallest absolute Gasteiger partial charge is 0.415 e. The molecule has 14 heteroatoms. The molecule has 300 valence electrons. The van der Waals surface area contributed by atoms with E-state index < -0.39 is 30.0 Å². The van der Waals surface area contributed by atoms with E-state index in [-0.39, 0.29) is 36.6 Å². The van der Waals surface area contributed by atoms with E-state index in [0.29, 0.717) is 69.7 Å². The van der Waals surface area contributed by atoms with E-state index in [2.05, 4.69) is 9.88 Å². The second-order valence-electron chi connectivity index (χ2n) is 14.7. The lowest BCUT2D eigenvalue weighted by molar-refractivity contribution is -0.377. The topological polar surface area (TPSA) is 112 Å². The Hall–Kier alpha value is -4.91. The molecular weight excluding hydrogens is 774 g/mol. The Labute approximate surface area is 341 Å². The van der Waals surface area contributed by atoms with Crippen LogP contribution in [0.3, 0.4) is 0 Å². The molecule has 0 unspecified atom stereocenters. The third-order valence-corrected chi connectivity index (χ3v) is 11.9. The molecule has 0 radical (unpaired) electrons. The van der Waals surface area contributed by atoms with Gasteiger partial charge in [0.25, 0.3) is 5.91 Å². The molecule has 4 aliphatic rings. The number of halogens is 3. The van der Waals surface area contributed by atoms with Crippen LogP contribution in [-0.2, 0) is 27.2 Å². The van der Waals surface area contributed by atoms with E-state index in [1.807, 2.05) is 0 Å². The number of para-hydroxylation sites is 1. The molecular formula is C43H46Cl2FN4O7+. The minimum Gasteiger partial charge on any atom is -0.493 e. The number of H-pyrrole nitrogens is 1. The van der Waals surface area contributed by atoms with Gasteiger partial charge in [0.2, 0.25) is 0 Å². The first-order chi connectivity index (χ1) is 27.6. The van der Waals surface area contributed by atoms with Crippen LogP contribution in [0.25, 0.3) is 0 Å². The molecule has 1 N–H and O–H groups in total. The molecule has 1 aromatic heterocycles. The number of benzene rings is 3. The van der Waals surface area contributed by atoms with Crippen LogP contribution in [0.1, 0.15) is 65.3 Å². The average Bonchev–Trinajstić information content (AvgIpc) is 3.24. The number of nitrogens with zero attached hydrogens (tertiary/aromatic N) is 3. The molecule has 4 aromatic rings. The predicted molar refractivity (Wildman–Crippen MR) is 212 cm³/mol. The molecule has 3 aromatic carbocycles. The lowest BCUT2D eigenvalue weighted by atomic mass is 9.86. The van der Waals surface area contributed by atoms with Crippen molar-refractivity contribution in [2.45, 2.75) is 63.3 Å². The summed E-state index contributed by atoms with van der Waals surface area (Å²) in [6.07, 6.45) is 5.32. The molecule has 4 fully saturated rings. The summed E-state index contributed by atoms with van der Waals surface area (Å²) >= 11 is 13.1. The fourth-order valence-corrected chi connectivity index (χ4v) is 8.62. The Kier molecular flexibility index (Phi) is 12.8. The van der Waals surface area contributed by atoms with Gasteiger partial charge in [-0.1, -0.05) is 53.5 Å². The van der Waals surface area contributed by atoms with Gasteiger partial charge in [-0.25, -0.2) is 19.0 Å². The van der Waals surface area contributed by atoms with Crippen LogP contribution in [0.5, 0.6) is 11.5 Å². The van der Waals surface area contributed by atoms with Crippen LogP contribution in [0.2, 0.25) is 10.0 Å². The first-order valence-corrected chi connectivity index (χ1v) is 20.0. The molecule has 3 atom stereocenters. The number of methoxy groups -OCH3 is 2. The summed E-state index contributed by atoms with van der Waals surface area (Å²) in [4.78, 5) is 50.3.